The third-order valence-electron chi connectivity index (χ3n) is 1.75. The Balaban J connectivity index is 2.71. The predicted molar refractivity (Wildman–Crippen MR) is 45.2 cm³/mol. The lowest BCUT2D eigenvalue weighted by Crippen LogP contribution is -2.13. The molecule has 0 atom stereocenters. The Labute approximate surface area is 72.8 Å². The van der Waals surface area contributed by atoms with Gasteiger partial charge < -0.3 is 10.1 Å². The second-order valence-electron chi connectivity index (χ2n) is 2.56. The van der Waals surface area contributed by atoms with Gasteiger partial charge in [-0.15, -0.1) is 0 Å². The highest BCUT2D eigenvalue weighted by Crippen LogP contribution is 2.02. The SMILES string of the molecule is O=c1[nH]cnc2cnn(CCO)c12. The topological polar surface area (TPSA) is 83.8 Å². The van der Waals surface area contributed by atoms with Crippen LogP contribution in [0.1, 0.15) is 0 Å². The summed E-state index contributed by atoms with van der Waals surface area (Å²) in [6, 6.07) is 0. The molecule has 0 radical (unpaired) electrons. The minimum atomic E-state index is -0.240. The minimum Gasteiger partial charge on any atom is -0.394 e. The normalized spacial score (nSPS) is 10.8. The van der Waals surface area contributed by atoms with Crippen molar-refractivity contribution in [1.82, 2.24) is 19.7 Å². The highest BCUT2D eigenvalue weighted by Gasteiger charge is 2.05. The summed E-state index contributed by atoms with van der Waals surface area (Å²) in [5.41, 5.74) is 0.699. The number of nitrogens with zero attached hydrogens (tertiary/aromatic N) is 3. The number of aromatic amines is 1. The van der Waals surface area contributed by atoms with E-state index in [4.69, 9.17) is 5.11 Å². The van der Waals surface area contributed by atoms with E-state index in [2.05, 4.69) is 15.1 Å². The van der Waals surface area contributed by atoms with Crippen molar-refractivity contribution in [2.75, 3.05) is 6.61 Å². The van der Waals surface area contributed by atoms with Gasteiger partial charge in [-0.2, -0.15) is 5.10 Å². The number of rotatable bonds is 2. The van der Waals surface area contributed by atoms with E-state index < -0.39 is 0 Å². The highest BCUT2D eigenvalue weighted by atomic mass is 16.3. The summed E-state index contributed by atoms with van der Waals surface area (Å²) >= 11 is 0. The van der Waals surface area contributed by atoms with Crippen LogP contribution in [0, 0.1) is 0 Å². The lowest BCUT2D eigenvalue weighted by atomic mass is 10.4. The van der Waals surface area contributed by atoms with E-state index in [9.17, 15) is 4.79 Å². The van der Waals surface area contributed by atoms with Gasteiger partial charge in [0.05, 0.1) is 25.7 Å². The lowest BCUT2D eigenvalue weighted by Gasteiger charge is -1.97. The molecule has 0 spiro atoms. The van der Waals surface area contributed by atoms with Crippen molar-refractivity contribution in [3.8, 4) is 0 Å². The van der Waals surface area contributed by atoms with Crippen LogP contribution in [0.5, 0.6) is 0 Å². The number of H-pyrrole nitrogens is 1. The highest BCUT2D eigenvalue weighted by molar-refractivity contribution is 5.72. The molecule has 0 saturated heterocycles. The quantitative estimate of drug-likeness (QED) is 0.628. The molecule has 2 rings (SSSR count). The van der Waals surface area contributed by atoms with Gasteiger partial charge in [0.15, 0.2) is 5.52 Å². The molecule has 0 fully saturated rings. The van der Waals surface area contributed by atoms with Gasteiger partial charge in [-0.1, -0.05) is 0 Å². The summed E-state index contributed by atoms with van der Waals surface area (Å²) in [5, 5.41) is 12.6. The van der Waals surface area contributed by atoms with Gasteiger partial charge in [0.25, 0.3) is 5.56 Å². The summed E-state index contributed by atoms with van der Waals surface area (Å²) in [5.74, 6) is 0. The molecule has 13 heavy (non-hydrogen) atoms. The van der Waals surface area contributed by atoms with Crippen LogP contribution in [-0.4, -0.2) is 31.5 Å². The molecule has 0 aliphatic heterocycles. The molecular weight excluding hydrogens is 172 g/mol. The average Bonchev–Trinajstić information content (AvgIpc) is 2.51. The fourth-order valence-electron chi connectivity index (χ4n) is 1.20. The summed E-state index contributed by atoms with van der Waals surface area (Å²) in [6.45, 7) is 0.253. The molecule has 2 heterocycles. The van der Waals surface area contributed by atoms with E-state index in [1.165, 1.54) is 17.2 Å². The van der Waals surface area contributed by atoms with Crippen LogP contribution in [0.4, 0.5) is 0 Å². The fraction of sp³-hybridized carbons (Fsp3) is 0.286. The molecule has 0 aromatic carbocycles. The summed E-state index contributed by atoms with van der Waals surface area (Å²) < 4.78 is 1.43. The molecule has 6 nitrogen and oxygen atoms in total. The molecule has 0 aliphatic carbocycles. The summed E-state index contributed by atoms with van der Waals surface area (Å²) in [6.07, 6.45) is 2.83. The summed E-state index contributed by atoms with van der Waals surface area (Å²) in [7, 11) is 0. The Morgan fingerprint density at radius 3 is 3.23 bits per heavy atom. The van der Waals surface area contributed by atoms with E-state index >= 15 is 0 Å². The molecule has 2 N–H and O–H groups in total. The maximum absolute atomic E-state index is 11.3. The maximum Gasteiger partial charge on any atom is 0.276 e. The second kappa shape index (κ2) is 2.98. The van der Waals surface area contributed by atoms with Crippen molar-refractivity contribution < 1.29 is 5.11 Å². The lowest BCUT2D eigenvalue weighted by molar-refractivity contribution is 0.271. The van der Waals surface area contributed by atoms with E-state index in [1.54, 1.807) is 0 Å². The first-order valence-electron chi connectivity index (χ1n) is 3.83. The van der Waals surface area contributed by atoms with Crippen LogP contribution in [-0.2, 0) is 6.54 Å². The average molecular weight is 180 g/mol. The Bertz CT molecular complexity index is 473. The van der Waals surface area contributed by atoms with Gasteiger partial charge in [-0.3, -0.25) is 9.48 Å². The molecular formula is C7H8N4O2. The largest absolute Gasteiger partial charge is 0.394 e. The number of aliphatic hydroxyl groups is 1. The van der Waals surface area contributed by atoms with Crippen LogP contribution in [0.25, 0.3) is 11.0 Å². The van der Waals surface area contributed by atoms with Crippen LogP contribution in [0.3, 0.4) is 0 Å². The third-order valence-corrected chi connectivity index (χ3v) is 1.75. The van der Waals surface area contributed by atoms with Gasteiger partial charge in [0.1, 0.15) is 5.52 Å². The Kier molecular flexibility index (Phi) is 1.82. The van der Waals surface area contributed by atoms with Gasteiger partial charge in [0.2, 0.25) is 0 Å². The van der Waals surface area contributed by atoms with Crippen molar-refractivity contribution >= 4 is 11.0 Å². The maximum atomic E-state index is 11.3. The van der Waals surface area contributed by atoms with Crippen LogP contribution in [0.15, 0.2) is 17.3 Å². The Hall–Kier alpha value is -1.69. The zero-order valence-electron chi connectivity index (χ0n) is 6.77. The zero-order chi connectivity index (χ0) is 9.26. The van der Waals surface area contributed by atoms with E-state index in [0.29, 0.717) is 17.6 Å². The van der Waals surface area contributed by atoms with Crippen molar-refractivity contribution in [1.29, 1.82) is 0 Å². The molecule has 2 aromatic heterocycles. The molecule has 0 saturated carbocycles. The van der Waals surface area contributed by atoms with Gasteiger partial charge >= 0.3 is 0 Å². The third kappa shape index (κ3) is 1.20. The molecule has 6 heteroatoms. The molecule has 2 aromatic rings. The number of fused-ring (bicyclic) bond motifs is 1. The predicted octanol–water partition coefficient (Wildman–Crippen LogP) is -0.888. The number of hydrogen-bond acceptors (Lipinski definition) is 4. The van der Waals surface area contributed by atoms with Crippen LogP contribution >= 0.6 is 0 Å². The number of nitrogens with one attached hydrogen (secondary N) is 1. The number of aromatic nitrogens is 4. The molecule has 68 valence electrons. The van der Waals surface area contributed by atoms with E-state index in [1.807, 2.05) is 0 Å². The van der Waals surface area contributed by atoms with Gasteiger partial charge in [-0.05, 0) is 0 Å². The Morgan fingerprint density at radius 2 is 2.46 bits per heavy atom. The van der Waals surface area contributed by atoms with Gasteiger partial charge in [0, 0.05) is 0 Å². The van der Waals surface area contributed by atoms with Crippen molar-refractivity contribution in [3.05, 3.63) is 22.9 Å². The standard InChI is InChI=1S/C7H8N4O2/c12-2-1-11-6-5(3-10-11)8-4-9-7(6)13/h3-4,12H,1-2H2,(H,8,9,13). The first-order valence-corrected chi connectivity index (χ1v) is 3.83. The smallest absolute Gasteiger partial charge is 0.276 e. The summed E-state index contributed by atoms with van der Waals surface area (Å²) in [4.78, 5) is 17.7. The van der Waals surface area contributed by atoms with Crippen molar-refractivity contribution in [3.63, 3.8) is 0 Å². The molecule has 0 unspecified atom stereocenters. The van der Waals surface area contributed by atoms with Crippen molar-refractivity contribution in [2.45, 2.75) is 6.54 Å². The fourth-order valence-corrected chi connectivity index (χ4v) is 1.20. The first-order chi connectivity index (χ1) is 6.33. The molecule has 0 bridgehead atoms. The first kappa shape index (κ1) is 7.93. The monoisotopic (exact) mass is 180 g/mol. The minimum absolute atomic E-state index is 0.0505. The Morgan fingerprint density at radius 1 is 1.62 bits per heavy atom. The second-order valence-corrected chi connectivity index (χ2v) is 2.56. The van der Waals surface area contributed by atoms with Crippen LogP contribution < -0.4 is 5.56 Å². The number of hydrogen-bond donors (Lipinski definition) is 2. The van der Waals surface area contributed by atoms with E-state index in [-0.39, 0.29) is 12.2 Å². The molecule has 0 amide bonds. The zero-order valence-corrected chi connectivity index (χ0v) is 6.77. The number of aliphatic hydroxyl groups excluding tert-OH is 1. The van der Waals surface area contributed by atoms with Gasteiger partial charge in [-0.25, -0.2) is 4.98 Å². The molecule has 0 aliphatic rings. The van der Waals surface area contributed by atoms with Crippen molar-refractivity contribution in [2.24, 2.45) is 0 Å². The van der Waals surface area contributed by atoms with E-state index in [0.717, 1.165) is 0 Å². The van der Waals surface area contributed by atoms with Crippen LogP contribution in [0.2, 0.25) is 0 Å².